The summed E-state index contributed by atoms with van der Waals surface area (Å²) in [5.74, 6) is 1.14. The Bertz CT molecular complexity index is 241. The predicted octanol–water partition coefficient (Wildman–Crippen LogP) is 1.30. The van der Waals surface area contributed by atoms with Gasteiger partial charge in [0.05, 0.1) is 0 Å². The van der Waals surface area contributed by atoms with Gasteiger partial charge in [0.1, 0.15) is 0 Å². The first kappa shape index (κ1) is 19.7. The van der Waals surface area contributed by atoms with Gasteiger partial charge >= 0.3 is 17.1 Å². The van der Waals surface area contributed by atoms with E-state index in [2.05, 4.69) is 30.1 Å². The molecule has 2 aliphatic rings. The van der Waals surface area contributed by atoms with Gasteiger partial charge in [-0.15, -0.1) is 0 Å². The van der Waals surface area contributed by atoms with Crippen LogP contribution >= 0.6 is 0 Å². The van der Waals surface area contributed by atoms with Gasteiger partial charge in [-0.2, -0.15) is 0 Å². The molecular formula is C16H20FeN2O+2. The van der Waals surface area contributed by atoms with Crippen LogP contribution < -0.4 is 10.6 Å². The predicted molar refractivity (Wildman–Crippen MR) is 78.0 cm³/mol. The van der Waals surface area contributed by atoms with Crippen molar-refractivity contribution in [3.05, 3.63) is 76.4 Å². The average Bonchev–Trinajstić information content (AvgIpc) is 3.13. The van der Waals surface area contributed by atoms with Crippen LogP contribution in [0.4, 0.5) is 0 Å². The van der Waals surface area contributed by atoms with Crippen LogP contribution in [-0.2, 0) is 21.9 Å². The Labute approximate surface area is 134 Å². The van der Waals surface area contributed by atoms with Gasteiger partial charge in [0.15, 0.2) is 0 Å². The van der Waals surface area contributed by atoms with Gasteiger partial charge in [0, 0.05) is 19.6 Å². The van der Waals surface area contributed by atoms with E-state index in [1.165, 1.54) is 12.0 Å². The van der Waals surface area contributed by atoms with E-state index in [0.29, 0.717) is 6.54 Å². The second-order valence-corrected chi connectivity index (χ2v) is 3.93. The molecule has 2 rings (SSSR count). The fourth-order valence-corrected chi connectivity index (χ4v) is 1.43. The summed E-state index contributed by atoms with van der Waals surface area (Å²) in [5, 5.41) is 5.91. The number of amides is 1. The van der Waals surface area contributed by atoms with E-state index in [1.807, 2.05) is 44.9 Å². The Morgan fingerprint density at radius 1 is 1.00 bits per heavy atom. The Hall–Kier alpha value is -0.311. The minimum absolute atomic E-state index is 0. The van der Waals surface area contributed by atoms with Crippen molar-refractivity contribution in [3.8, 4) is 0 Å². The molecule has 2 fully saturated rings. The number of carbonyl (C=O) groups excluding carboxylic acids is 1. The molecule has 3 nitrogen and oxygen atoms in total. The first-order valence-electron chi connectivity index (χ1n) is 6.31. The molecule has 0 saturated heterocycles. The van der Waals surface area contributed by atoms with E-state index in [-0.39, 0.29) is 23.0 Å². The second kappa shape index (κ2) is 13.7. The Morgan fingerprint density at radius 3 is 2.05 bits per heavy atom. The first-order valence-corrected chi connectivity index (χ1v) is 6.31. The third-order valence-corrected chi connectivity index (χ3v) is 2.40. The average molecular weight is 312 g/mol. The van der Waals surface area contributed by atoms with Crippen molar-refractivity contribution < 1.29 is 21.9 Å². The summed E-state index contributed by atoms with van der Waals surface area (Å²) >= 11 is 0. The van der Waals surface area contributed by atoms with Crippen LogP contribution in [0, 0.1) is 63.7 Å². The fraction of sp³-hybridized carbons (Fsp3) is 0.188. The molecular weight excluding hydrogens is 292 g/mol. The summed E-state index contributed by atoms with van der Waals surface area (Å²) < 4.78 is 0. The molecule has 1 amide bonds. The number of nitrogens with one attached hydrogen (secondary N) is 2. The zero-order valence-corrected chi connectivity index (χ0v) is 12.5. The molecule has 0 atom stereocenters. The Morgan fingerprint density at radius 2 is 1.55 bits per heavy atom. The molecule has 10 radical (unpaired) electrons. The van der Waals surface area contributed by atoms with Crippen LogP contribution in [0.15, 0.2) is 12.7 Å². The fourth-order valence-electron chi connectivity index (χ4n) is 1.43. The van der Waals surface area contributed by atoms with E-state index in [1.54, 1.807) is 0 Å². The summed E-state index contributed by atoms with van der Waals surface area (Å²) in [5.41, 5.74) is 0. The van der Waals surface area contributed by atoms with Crippen molar-refractivity contribution in [1.82, 2.24) is 10.6 Å². The molecule has 4 heteroatoms. The quantitative estimate of drug-likeness (QED) is 0.441. The van der Waals surface area contributed by atoms with E-state index in [0.717, 1.165) is 13.1 Å². The maximum Gasteiger partial charge on any atom is 2.00 e. The first-order chi connectivity index (χ1) is 9.33. The van der Waals surface area contributed by atoms with E-state index in [9.17, 15) is 4.79 Å². The van der Waals surface area contributed by atoms with Gasteiger partial charge < -0.3 is 10.6 Å². The van der Waals surface area contributed by atoms with Crippen molar-refractivity contribution >= 4 is 5.91 Å². The summed E-state index contributed by atoms with van der Waals surface area (Å²) in [6.45, 7) is 5.61. The Balaban J connectivity index is 0.000000507. The van der Waals surface area contributed by atoms with Gasteiger partial charge in [0.2, 0.25) is 5.91 Å². The van der Waals surface area contributed by atoms with Crippen molar-refractivity contribution in [3.63, 3.8) is 0 Å². The zero-order chi connectivity index (χ0) is 13.8. The molecule has 0 aromatic heterocycles. The largest absolute Gasteiger partial charge is 2.00 e. The van der Waals surface area contributed by atoms with Crippen molar-refractivity contribution in [2.24, 2.45) is 0 Å². The van der Waals surface area contributed by atoms with Crippen LogP contribution in [0.3, 0.4) is 0 Å². The molecule has 0 aliphatic heterocycles. The third kappa shape index (κ3) is 10.5. The van der Waals surface area contributed by atoms with Crippen LogP contribution in [0.1, 0.15) is 0 Å². The molecule has 0 aromatic rings. The normalized spacial score (nSPS) is 17.8. The van der Waals surface area contributed by atoms with E-state index < -0.39 is 0 Å². The molecule has 0 bridgehead atoms. The van der Waals surface area contributed by atoms with Gasteiger partial charge in [-0.1, -0.05) is 6.58 Å². The minimum Gasteiger partial charge on any atom is -0.351 e. The zero-order valence-electron chi connectivity index (χ0n) is 11.4. The number of hydrogen-bond acceptors (Lipinski definition) is 2. The molecule has 0 aromatic carbocycles. The van der Waals surface area contributed by atoms with Crippen LogP contribution in [0.2, 0.25) is 0 Å². The topological polar surface area (TPSA) is 41.1 Å². The van der Waals surface area contributed by atoms with Crippen molar-refractivity contribution in [2.45, 2.75) is 0 Å². The molecule has 20 heavy (non-hydrogen) atoms. The third-order valence-electron chi connectivity index (χ3n) is 2.40. The number of carbonyl (C=O) groups is 1. The molecule has 2 aliphatic carbocycles. The maximum absolute atomic E-state index is 10.7. The summed E-state index contributed by atoms with van der Waals surface area (Å²) in [7, 11) is 0. The maximum atomic E-state index is 10.7. The van der Waals surface area contributed by atoms with E-state index in [4.69, 9.17) is 0 Å². The smallest absolute Gasteiger partial charge is 0.351 e. The number of hydrogen-bond donors (Lipinski definition) is 2. The van der Waals surface area contributed by atoms with E-state index >= 15 is 0 Å². The summed E-state index contributed by atoms with van der Waals surface area (Å²) in [4.78, 5) is 10.7. The van der Waals surface area contributed by atoms with Gasteiger partial charge in [-0.05, 0) is 69.8 Å². The van der Waals surface area contributed by atoms with Crippen molar-refractivity contribution in [2.75, 3.05) is 19.6 Å². The van der Waals surface area contributed by atoms with Gasteiger partial charge in [0.25, 0.3) is 0 Å². The van der Waals surface area contributed by atoms with Gasteiger partial charge in [-0.25, -0.2) is 0 Å². The molecule has 106 valence electrons. The monoisotopic (exact) mass is 312 g/mol. The molecule has 2 saturated carbocycles. The molecule has 0 spiro atoms. The number of rotatable bonds is 6. The molecule has 2 N–H and O–H groups in total. The molecule has 0 heterocycles. The van der Waals surface area contributed by atoms with Crippen LogP contribution in [0.5, 0.6) is 0 Å². The molecule has 0 unspecified atom stereocenters. The summed E-state index contributed by atoms with van der Waals surface area (Å²) in [6.07, 6.45) is 19.4. The van der Waals surface area contributed by atoms with Crippen molar-refractivity contribution in [1.29, 1.82) is 0 Å². The minimum atomic E-state index is -0.125. The van der Waals surface area contributed by atoms with Crippen LogP contribution in [-0.4, -0.2) is 25.5 Å². The SMILES string of the molecule is C=CC(=O)NCCNC[C]1[CH][CH][CH][CH]1.[CH]1[CH][CH][CH][CH]1.[Fe+2]. The van der Waals surface area contributed by atoms with Crippen LogP contribution in [0.25, 0.3) is 0 Å². The second-order valence-electron chi connectivity index (χ2n) is 3.93. The van der Waals surface area contributed by atoms with Gasteiger partial charge in [-0.3, -0.25) is 4.79 Å². The summed E-state index contributed by atoms with van der Waals surface area (Å²) in [6, 6.07) is 0. The Kier molecular flexibility index (Phi) is 13.5. The standard InChI is InChI=1S/C11H15N2O.C5H5.Fe/c1-2-11(14)13-8-7-12-9-10-5-3-4-6-10;1-2-4-5-3-1;/h2-6,12H,1,7-9H2,(H,13,14);1-5H;/q;;+2.